The van der Waals surface area contributed by atoms with Crippen LogP contribution in [-0.4, -0.2) is 87.2 Å². The van der Waals surface area contributed by atoms with E-state index in [1.807, 2.05) is 6.92 Å². The van der Waals surface area contributed by atoms with Crippen LogP contribution >= 0.6 is 23.5 Å². The second-order valence-electron chi connectivity index (χ2n) is 8.51. The summed E-state index contributed by atoms with van der Waals surface area (Å²) in [5, 5.41) is 24.5. The van der Waals surface area contributed by atoms with Crippen molar-refractivity contribution < 1.29 is 42.3 Å². The van der Waals surface area contributed by atoms with Gasteiger partial charge in [-0.1, -0.05) is 29.5 Å². The van der Waals surface area contributed by atoms with Gasteiger partial charge in [-0.3, -0.25) is 9.12 Å². The number of hydrogen-bond acceptors (Lipinski definition) is 14. The van der Waals surface area contributed by atoms with E-state index in [0.717, 1.165) is 12.7 Å². The molecule has 2 saturated heterocycles. The monoisotopic (exact) mass is 663 g/mol. The molecule has 0 bridgehead atoms. The fourth-order valence-electron chi connectivity index (χ4n) is 3.41. The molecule has 4 heterocycles. The van der Waals surface area contributed by atoms with Crippen LogP contribution in [0.25, 0.3) is 0 Å². The molecule has 5 rings (SSSR count). The molecule has 9 N–H and O–H groups in total. The minimum atomic E-state index is -4.02. The number of aromatic amines is 1. The van der Waals surface area contributed by atoms with E-state index in [0.29, 0.717) is 19.0 Å². The van der Waals surface area contributed by atoms with Crippen molar-refractivity contribution >= 4 is 45.3 Å². The van der Waals surface area contributed by atoms with Gasteiger partial charge in [-0.25, -0.2) is 4.79 Å². The number of hydrogen-bond donors (Lipinski definition) is 7. The maximum Gasteiger partial charge on any atom is 0.498 e. The number of ether oxygens (including phenoxy) is 2. The number of rotatable bonds is 5. The van der Waals surface area contributed by atoms with Gasteiger partial charge >= 0.3 is 11.4 Å². The lowest BCUT2D eigenvalue weighted by Gasteiger charge is -2.10. The number of H-pyrrole nitrogens is 1. The van der Waals surface area contributed by atoms with Gasteiger partial charge in [0.25, 0.3) is 10.1 Å². The molecule has 43 heavy (non-hydrogen) atoms. The van der Waals surface area contributed by atoms with E-state index >= 15 is 0 Å². The zero-order valence-corrected chi connectivity index (χ0v) is 25.7. The first-order valence-corrected chi connectivity index (χ1v) is 15.7. The summed E-state index contributed by atoms with van der Waals surface area (Å²) in [5.41, 5.74) is 10.6. The molecule has 0 aliphatic carbocycles. The number of aryl methyl sites for hydroxylation is 1. The Morgan fingerprint density at radius 3 is 2.14 bits per heavy atom. The van der Waals surface area contributed by atoms with Crippen molar-refractivity contribution in [2.24, 2.45) is 0 Å². The fraction of sp³-hybridized carbons (Fsp3) is 0.417. The summed E-state index contributed by atoms with van der Waals surface area (Å²) >= 11 is 2.81. The molecule has 19 heteroatoms. The second-order valence-corrected chi connectivity index (χ2v) is 12.6. The molecule has 0 unspecified atom stereocenters. The highest BCUT2D eigenvalue weighted by Gasteiger charge is 2.31. The van der Waals surface area contributed by atoms with Gasteiger partial charge in [-0.15, -0.1) is 11.8 Å². The smallest absolute Gasteiger partial charge is 0.400 e. The van der Waals surface area contributed by atoms with Crippen LogP contribution in [0.2, 0.25) is 0 Å². The molecule has 0 saturated carbocycles. The van der Waals surface area contributed by atoms with E-state index < -0.39 is 15.8 Å². The molecular weight excluding hydrogens is 628 g/mol. The highest BCUT2D eigenvalue weighted by atomic mass is 32.2. The minimum Gasteiger partial charge on any atom is -0.400 e. The summed E-state index contributed by atoms with van der Waals surface area (Å²) in [6.07, 6.45) is 3.21. The topological polar surface area (TPSA) is 257 Å². The third-order valence-electron chi connectivity index (χ3n) is 5.46. The van der Waals surface area contributed by atoms with Crippen LogP contribution in [0.1, 0.15) is 16.3 Å². The number of nitrogens with one attached hydrogen (secondary N) is 1. The molecule has 0 radical (unpaired) electrons. The number of thioether (sulfide) groups is 2. The van der Waals surface area contributed by atoms with Gasteiger partial charge in [0.1, 0.15) is 28.3 Å². The summed E-state index contributed by atoms with van der Waals surface area (Å²) in [5.74, 6) is 0.540. The number of aliphatic hydroxyl groups is 3. The lowest BCUT2D eigenvalue weighted by atomic mass is 10.2. The molecular formula is C24H35N6O10S3+. The fourth-order valence-corrected chi connectivity index (χ4v) is 5.98. The predicted molar refractivity (Wildman–Crippen MR) is 161 cm³/mol. The Kier molecular flexibility index (Phi) is 14.6. The molecule has 1 aromatic carbocycles. The van der Waals surface area contributed by atoms with Gasteiger partial charge in [-0.05, 0) is 25.1 Å². The van der Waals surface area contributed by atoms with E-state index in [1.165, 1.54) is 44.8 Å². The third kappa shape index (κ3) is 11.2. The van der Waals surface area contributed by atoms with E-state index in [2.05, 4.69) is 9.97 Å². The summed E-state index contributed by atoms with van der Waals surface area (Å²) < 4.78 is 43.0. The van der Waals surface area contributed by atoms with Crippen LogP contribution in [0.3, 0.4) is 0 Å². The standard InChI is InChI=1S/2C8H11N3O3S.C7H8O3S.CH4O/c2*9-5-1-2-11(8(13)10-5)6-4-14-7(3-12)15-6;1-6-2-4-7(5-3-6)11(8,9)10;1-2/h2*1-2,6-7,12H,3-4H2,(H2,9,10,13);2-5H,1H3,(H,8,9,10);2H,1H3/p+1/t2*6-,7-;;/m11../s1. The zero-order chi connectivity index (χ0) is 32.2. The number of aromatic nitrogens is 4. The van der Waals surface area contributed by atoms with Crippen molar-refractivity contribution in [1.29, 1.82) is 0 Å². The first kappa shape index (κ1) is 36.2. The number of nitrogen functional groups attached to an aromatic ring is 2. The van der Waals surface area contributed by atoms with E-state index in [-0.39, 0.29) is 51.2 Å². The number of nitrogens with two attached hydrogens (primary N) is 2. The van der Waals surface area contributed by atoms with Crippen LogP contribution in [0, 0.1) is 6.92 Å². The van der Waals surface area contributed by atoms with E-state index in [4.69, 9.17) is 40.8 Å². The van der Waals surface area contributed by atoms with Crippen LogP contribution in [0.4, 0.5) is 11.6 Å². The Labute approximate surface area is 255 Å². The molecule has 0 amide bonds. The zero-order valence-electron chi connectivity index (χ0n) is 23.2. The van der Waals surface area contributed by atoms with Crippen molar-refractivity contribution in [3.05, 3.63) is 75.3 Å². The Hall–Kier alpha value is -3.01. The van der Waals surface area contributed by atoms with E-state index in [9.17, 15) is 18.0 Å². The molecule has 3 aromatic rings. The lowest BCUT2D eigenvalue weighted by Crippen LogP contribution is -2.53. The second kappa shape index (κ2) is 17.3. The molecule has 2 aliphatic rings. The number of anilines is 2. The van der Waals surface area contributed by atoms with Crippen LogP contribution in [0.5, 0.6) is 0 Å². The first-order chi connectivity index (χ1) is 20.4. The van der Waals surface area contributed by atoms with Crippen molar-refractivity contribution in [1.82, 2.24) is 14.5 Å². The average Bonchev–Trinajstić information content (AvgIpc) is 3.65. The van der Waals surface area contributed by atoms with E-state index in [1.54, 1.807) is 36.7 Å². The molecule has 2 aromatic heterocycles. The van der Waals surface area contributed by atoms with Crippen molar-refractivity contribution in [2.45, 2.75) is 33.4 Å². The van der Waals surface area contributed by atoms with Crippen LogP contribution < -0.4 is 27.4 Å². The minimum absolute atomic E-state index is 0.0470. The number of nitrogens with zero attached hydrogens (tertiary/aromatic N) is 3. The van der Waals surface area contributed by atoms with Gasteiger partial charge in [0.05, 0.1) is 31.3 Å². The van der Waals surface area contributed by atoms with Gasteiger partial charge < -0.3 is 36.3 Å². The number of aliphatic hydroxyl groups excluding tert-OH is 3. The summed E-state index contributed by atoms with van der Waals surface area (Å²) in [6.45, 7) is 2.54. The quantitative estimate of drug-likeness (QED) is 0.129. The summed E-state index contributed by atoms with van der Waals surface area (Å²) in [4.78, 5) is 29.0. The Balaban J connectivity index is 0.000000222. The maximum absolute atomic E-state index is 11.5. The largest absolute Gasteiger partial charge is 0.498 e. The Morgan fingerprint density at radius 1 is 1.02 bits per heavy atom. The average molecular weight is 664 g/mol. The SMILES string of the molecule is CO.Cc1ccc(S(=O)(=O)O)cc1.Nc1cc[n+]([C@H]2CO[C@@H](CO)S2)c(=O)[nH]1.Nc1ccn([C@H]2CO[C@@H](CO)S2)c(=O)n1. The predicted octanol–water partition coefficient (Wildman–Crippen LogP) is -0.919. The van der Waals surface area contributed by atoms with Gasteiger partial charge in [0, 0.05) is 19.4 Å². The van der Waals surface area contributed by atoms with Gasteiger partial charge in [0.2, 0.25) is 0 Å². The normalized spacial score (nSPS) is 21.0. The molecule has 4 atom stereocenters. The Bertz CT molecular complexity index is 1440. The van der Waals surface area contributed by atoms with Crippen molar-refractivity contribution in [2.75, 3.05) is 45.0 Å². The molecule has 2 fully saturated rings. The molecule has 2 aliphatic heterocycles. The van der Waals surface area contributed by atoms with Crippen LogP contribution in [-0.2, 0) is 19.6 Å². The van der Waals surface area contributed by atoms with Crippen molar-refractivity contribution in [3.8, 4) is 0 Å². The Morgan fingerprint density at radius 2 is 1.63 bits per heavy atom. The number of benzene rings is 1. The van der Waals surface area contributed by atoms with Crippen molar-refractivity contribution in [3.63, 3.8) is 0 Å². The highest BCUT2D eigenvalue weighted by molar-refractivity contribution is 8.00. The first-order valence-electron chi connectivity index (χ1n) is 12.4. The molecule has 0 spiro atoms. The lowest BCUT2D eigenvalue weighted by molar-refractivity contribution is -0.716. The van der Waals surface area contributed by atoms with Gasteiger partial charge in [-0.2, -0.15) is 27.7 Å². The molecule has 238 valence electrons. The third-order valence-corrected chi connectivity index (χ3v) is 8.86. The summed E-state index contributed by atoms with van der Waals surface area (Å²) in [7, 11) is -3.02. The van der Waals surface area contributed by atoms with Crippen LogP contribution in [0.15, 0.2) is 63.3 Å². The summed E-state index contributed by atoms with van der Waals surface area (Å²) in [6, 6.07) is 9.17. The van der Waals surface area contributed by atoms with Gasteiger partial charge in [0.15, 0.2) is 11.2 Å². The molecule has 16 nitrogen and oxygen atoms in total. The highest BCUT2D eigenvalue weighted by Crippen LogP contribution is 2.34. The maximum atomic E-state index is 11.5.